The first-order valence-electron chi connectivity index (χ1n) is 7.33. The van der Waals surface area contributed by atoms with E-state index < -0.39 is 0 Å². The van der Waals surface area contributed by atoms with Gasteiger partial charge >= 0.3 is 5.97 Å². The highest BCUT2D eigenvalue weighted by atomic mass is 16.5. The molecule has 2 unspecified atom stereocenters. The first-order chi connectivity index (χ1) is 9.70. The van der Waals surface area contributed by atoms with Gasteiger partial charge in [0.15, 0.2) is 0 Å². The van der Waals surface area contributed by atoms with Gasteiger partial charge in [-0.15, -0.1) is 0 Å². The first-order valence-corrected chi connectivity index (χ1v) is 7.33. The molecule has 2 rings (SSSR count). The molecular formula is C16H23NO3. The second kappa shape index (κ2) is 7.41. The van der Waals surface area contributed by atoms with Crippen LogP contribution in [0.4, 0.5) is 0 Å². The van der Waals surface area contributed by atoms with Gasteiger partial charge in [0.25, 0.3) is 0 Å². The van der Waals surface area contributed by atoms with E-state index in [2.05, 4.69) is 0 Å². The minimum absolute atomic E-state index is 0.172. The Balaban J connectivity index is 1.84. The Labute approximate surface area is 120 Å². The van der Waals surface area contributed by atoms with Crippen LogP contribution in [0.15, 0.2) is 30.3 Å². The Morgan fingerprint density at radius 2 is 2.20 bits per heavy atom. The summed E-state index contributed by atoms with van der Waals surface area (Å²) in [4.78, 5) is 14.2. The number of likely N-dealkylation sites (tertiary alicyclic amines) is 1. The monoisotopic (exact) mass is 277 g/mol. The lowest BCUT2D eigenvalue weighted by molar-refractivity contribution is -0.150. The van der Waals surface area contributed by atoms with Gasteiger partial charge in [0.1, 0.15) is 12.6 Å². The first kappa shape index (κ1) is 15.0. The Kier molecular flexibility index (Phi) is 5.56. The third kappa shape index (κ3) is 4.05. The van der Waals surface area contributed by atoms with Crippen LogP contribution in [0.5, 0.6) is 0 Å². The average molecular weight is 277 g/mol. The van der Waals surface area contributed by atoms with E-state index in [1.54, 1.807) is 0 Å². The van der Waals surface area contributed by atoms with Crippen LogP contribution in [0.3, 0.4) is 0 Å². The number of ether oxygens (including phenoxy) is 1. The normalized spacial score (nSPS) is 20.8. The third-order valence-corrected chi connectivity index (χ3v) is 3.78. The van der Waals surface area contributed by atoms with Crippen LogP contribution < -0.4 is 0 Å². The van der Waals surface area contributed by atoms with Gasteiger partial charge in [0.05, 0.1) is 6.10 Å². The van der Waals surface area contributed by atoms with Gasteiger partial charge in [0.2, 0.25) is 0 Å². The number of nitrogens with zero attached hydrogens (tertiary/aromatic N) is 1. The molecule has 4 nitrogen and oxygen atoms in total. The van der Waals surface area contributed by atoms with Crippen molar-refractivity contribution in [2.45, 2.75) is 44.9 Å². The van der Waals surface area contributed by atoms with E-state index >= 15 is 0 Å². The third-order valence-electron chi connectivity index (χ3n) is 3.78. The van der Waals surface area contributed by atoms with E-state index in [1.807, 2.05) is 42.2 Å². The van der Waals surface area contributed by atoms with Crippen molar-refractivity contribution in [1.82, 2.24) is 4.90 Å². The maximum atomic E-state index is 12.2. The predicted molar refractivity (Wildman–Crippen MR) is 77.1 cm³/mol. The van der Waals surface area contributed by atoms with E-state index in [1.165, 1.54) is 0 Å². The molecule has 1 aliphatic heterocycles. The fraction of sp³-hybridized carbons (Fsp3) is 0.562. The minimum atomic E-state index is -0.363. The second-order valence-corrected chi connectivity index (χ2v) is 5.31. The number of esters is 1. The molecule has 0 aliphatic carbocycles. The average Bonchev–Trinajstić information content (AvgIpc) is 2.94. The molecule has 0 aromatic heterocycles. The molecule has 2 atom stereocenters. The molecule has 0 amide bonds. The predicted octanol–water partition coefficient (Wildman–Crippen LogP) is 1.97. The van der Waals surface area contributed by atoms with Gasteiger partial charge in [-0.2, -0.15) is 0 Å². The van der Waals surface area contributed by atoms with Crippen molar-refractivity contribution in [2.24, 2.45) is 0 Å². The molecule has 4 heteroatoms. The number of aliphatic hydroxyl groups excluding tert-OH is 1. The quantitative estimate of drug-likeness (QED) is 0.808. The fourth-order valence-corrected chi connectivity index (χ4v) is 2.54. The van der Waals surface area contributed by atoms with E-state index in [0.717, 1.165) is 24.9 Å². The number of carbonyl (C=O) groups excluding carboxylic acids is 1. The molecule has 1 N–H and O–H groups in total. The lowest BCUT2D eigenvalue weighted by atomic mass is 10.2. The largest absolute Gasteiger partial charge is 0.460 e. The molecular weight excluding hydrogens is 254 g/mol. The van der Waals surface area contributed by atoms with E-state index in [0.29, 0.717) is 19.6 Å². The maximum Gasteiger partial charge on any atom is 0.323 e. The molecule has 1 aromatic rings. The summed E-state index contributed by atoms with van der Waals surface area (Å²) in [6.07, 6.45) is 2.16. The van der Waals surface area contributed by atoms with Crippen LogP contribution in [-0.2, 0) is 16.1 Å². The van der Waals surface area contributed by atoms with Crippen molar-refractivity contribution in [3.8, 4) is 0 Å². The van der Waals surface area contributed by atoms with E-state index in [-0.39, 0.29) is 18.1 Å². The Bertz CT molecular complexity index is 421. The van der Waals surface area contributed by atoms with Crippen LogP contribution in [0.25, 0.3) is 0 Å². The summed E-state index contributed by atoms with van der Waals surface area (Å²) in [7, 11) is 0. The number of rotatable bonds is 6. The Hall–Kier alpha value is -1.39. The lowest BCUT2D eigenvalue weighted by Gasteiger charge is -2.24. The van der Waals surface area contributed by atoms with E-state index in [9.17, 15) is 9.90 Å². The number of β-amino-alcohol motifs (C(OH)–C–C–N with tert-alkyl or cyclic N) is 1. The molecule has 1 fully saturated rings. The molecule has 0 saturated carbocycles. The molecule has 110 valence electrons. The summed E-state index contributed by atoms with van der Waals surface area (Å²) in [6, 6.07) is 9.50. The molecule has 0 spiro atoms. The highest BCUT2D eigenvalue weighted by molar-refractivity contribution is 5.76. The van der Waals surface area contributed by atoms with Crippen LogP contribution in [0, 0.1) is 0 Å². The zero-order valence-corrected chi connectivity index (χ0v) is 12.0. The number of hydrogen-bond donors (Lipinski definition) is 1. The van der Waals surface area contributed by atoms with Crippen molar-refractivity contribution in [3.05, 3.63) is 35.9 Å². The molecule has 0 bridgehead atoms. The topological polar surface area (TPSA) is 49.8 Å². The molecule has 1 aromatic carbocycles. The van der Waals surface area contributed by atoms with Gasteiger partial charge in [-0.05, 0) is 31.4 Å². The number of carbonyl (C=O) groups is 1. The lowest BCUT2D eigenvalue weighted by Crippen LogP contribution is -2.41. The van der Waals surface area contributed by atoms with Gasteiger partial charge in [-0.1, -0.05) is 37.3 Å². The van der Waals surface area contributed by atoms with Crippen molar-refractivity contribution >= 4 is 5.97 Å². The fourth-order valence-electron chi connectivity index (χ4n) is 2.54. The van der Waals surface area contributed by atoms with Crippen LogP contribution in [-0.4, -0.2) is 41.2 Å². The number of aliphatic hydroxyl groups is 1. The smallest absolute Gasteiger partial charge is 0.323 e. The zero-order chi connectivity index (χ0) is 14.4. The summed E-state index contributed by atoms with van der Waals surface area (Å²) < 4.78 is 5.40. The number of hydrogen-bond acceptors (Lipinski definition) is 4. The summed E-state index contributed by atoms with van der Waals surface area (Å²) in [5.41, 5.74) is 0.999. The van der Waals surface area contributed by atoms with Crippen molar-refractivity contribution in [1.29, 1.82) is 0 Å². The molecule has 1 heterocycles. The SMILES string of the molecule is CCC(O)CN1CCCC1C(=O)OCc1ccccc1. The van der Waals surface area contributed by atoms with Crippen LogP contribution in [0.1, 0.15) is 31.7 Å². The number of benzene rings is 1. The zero-order valence-electron chi connectivity index (χ0n) is 12.0. The molecule has 0 radical (unpaired) electrons. The second-order valence-electron chi connectivity index (χ2n) is 5.31. The minimum Gasteiger partial charge on any atom is -0.460 e. The maximum absolute atomic E-state index is 12.2. The molecule has 1 aliphatic rings. The standard InChI is InChI=1S/C16H23NO3/c1-2-14(18)11-17-10-6-9-15(17)16(19)20-12-13-7-4-3-5-8-13/h3-5,7-8,14-15,18H,2,6,9-12H2,1H3. The van der Waals surface area contributed by atoms with Gasteiger partial charge in [-0.25, -0.2) is 0 Å². The molecule has 1 saturated heterocycles. The van der Waals surface area contributed by atoms with Gasteiger partial charge in [-0.3, -0.25) is 9.69 Å². The van der Waals surface area contributed by atoms with Crippen molar-refractivity contribution in [3.63, 3.8) is 0 Å². The summed E-state index contributed by atoms with van der Waals surface area (Å²) in [5, 5.41) is 9.73. The van der Waals surface area contributed by atoms with Crippen LogP contribution in [0.2, 0.25) is 0 Å². The van der Waals surface area contributed by atoms with Crippen molar-refractivity contribution in [2.75, 3.05) is 13.1 Å². The Morgan fingerprint density at radius 3 is 2.90 bits per heavy atom. The summed E-state index contributed by atoms with van der Waals surface area (Å²) in [5.74, 6) is -0.172. The van der Waals surface area contributed by atoms with Crippen LogP contribution >= 0.6 is 0 Å². The molecule has 20 heavy (non-hydrogen) atoms. The van der Waals surface area contributed by atoms with Crippen molar-refractivity contribution < 1.29 is 14.6 Å². The van der Waals surface area contributed by atoms with E-state index in [4.69, 9.17) is 4.74 Å². The highest BCUT2D eigenvalue weighted by Gasteiger charge is 2.32. The van der Waals surface area contributed by atoms with Gasteiger partial charge in [0, 0.05) is 6.54 Å². The highest BCUT2D eigenvalue weighted by Crippen LogP contribution is 2.19. The Morgan fingerprint density at radius 1 is 1.45 bits per heavy atom. The van der Waals surface area contributed by atoms with Gasteiger partial charge < -0.3 is 9.84 Å². The summed E-state index contributed by atoms with van der Waals surface area (Å²) in [6.45, 7) is 3.69. The summed E-state index contributed by atoms with van der Waals surface area (Å²) >= 11 is 0.